The Morgan fingerprint density at radius 1 is 0.690 bits per heavy atom. The fraction of sp³-hybridized carbons (Fsp3) is 0.0526. The van der Waals surface area contributed by atoms with Crippen molar-refractivity contribution >= 4 is 56.5 Å². The van der Waals surface area contributed by atoms with Gasteiger partial charge in [0.2, 0.25) is 0 Å². The maximum atomic E-state index is 13.0. The lowest BCUT2D eigenvalue weighted by Gasteiger charge is -2.34. The van der Waals surface area contributed by atoms with Crippen LogP contribution in [0.4, 0.5) is 0 Å². The summed E-state index contributed by atoms with van der Waals surface area (Å²) in [6.07, 6.45) is 0. The lowest BCUT2D eigenvalue weighted by atomic mass is 9.83. The number of phenols is 2. The Kier molecular flexibility index (Phi) is 5.98. The van der Waals surface area contributed by atoms with Crippen molar-refractivity contribution in [3.05, 3.63) is 91.4 Å². The van der Waals surface area contributed by atoms with Crippen LogP contribution in [0.15, 0.2) is 54.6 Å². The Bertz CT molecular complexity index is 1210. The van der Waals surface area contributed by atoms with Crippen LogP contribution in [-0.2, 0) is 14.9 Å². The van der Waals surface area contributed by atoms with E-state index in [9.17, 15) is 23.2 Å². The molecular formula is C19H12Cl4O5S. The van der Waals surface area contributed by atoms with E-state index in [-0.39, 0.29) is 31.2 Å². The maximum absolute atomic E-state index is 13.0. The molecule has 3 N–H and O–H groups in total. The van der Waals surface area contributed by atoms with Crippen molar-refractivity contribution in [1.29, 1.82) is 0 Å². The zero-order valence-corrected chi connectivity index (χ0v) is 18.1. The van der Waals surface area contributed by atoms with Gasteiger partial charge in [-0.25, -0.2) is 0 Å². The van der Waals surface area contributed by atoms with E-state index in [4.69, 9.17) is 46.4 Å². The van der Waals surface area contributed by atoms with E-state index < -0.39 is 31.9 Å². The number of aromatic hydroxyl groups is 2. The summed E-state index contributed by atoms with van der Waals surface area (Å²) in [5.41, 5.74) is -0.652. The standard InChI is InChI=1S/C19H12Cl4O5S/c20-10-5-6-12(15(22)7-10)19(29(26,27)28,11-3-1-2-4-14(11)21)13-8-18(25)16(23)9-17(13)24/h1-9,24-25H,(H,26,27,28). The molecule has 0 aliphatic carbocycles. The Morgan fingerprint density at radius 3 is 1.90 bits per heavy atom. The average molecular weight is 494 g/mol. The summed E-state index contributed by atoms with van der Waals surface area (Å²) in [6, 6.07) is 11.6. The van der Waals surface area contributed by atoms with Crippen LogP contribution in [0.1, 0.15) is 16.7 Å². The number of hydrogen-bond donors (Lipinski definition) is 3. The van der Waals surface area contributed by atoms with E-state index in [0.29, 0.717) is 0 Å². The molecule has 0 amide bonds. The van der Waals surface area contributed by atoms with Crippen LogP contribution >= 0.6 is 46.4 Å². The van der Waals surface area contributed by atoms with Gasteiger partial charge in [0.25, 0.3) is 10.1 Å². The molecule has 0 heterocycles. The molecule has 0 aliphatic rings. The van der Waals surface area contributed by atoms with E-state index in [2.05, 4.69) is 0 Å². The van der Waals surface area contributed by atoms with Gasteiger partial charge in [0, 0.05) is 37.8 Å². The Balaban J connectivity index is 2.63. The summed E-state index contributed by atoms with van der Waals surface area (Å²) in [5.74, 6) is -1.14. The predicted molar refractivity (Wildman–Crippen MR) is 114 cm³/mol. The molecule has 0 saturated heterocycles. The lowest BCUT2D eigenvalue weighted by molar-refractivity contribution is 0.434. The third-order valence-electron chi connectivity index (χ3n) is 4.39. The minimum absolute atomic E-state index is 0.0371. The van der Waals surface area contributed by atoms with Crippen LogP contribution in [0.2, 0.25) is 20.1 Å². The fourth-order valence-electron chi connectivity index (χ4n) is 3.21. The Morgan fingerprint density at radius 2 is 1.31 bits per heavy atom. The molecule has 1 unspecified atom stereocenters. The second kappa shape index (κ2) is 7.87. The lowest BCUT2D eigenvalue weighted by Crippen LogP contribution is -2.39. The van der Waals surface area contributed by atoms with Gasteiger partial charge in [0.15, 0.2) is 4.75 Å². The molecule has 0 fully saturated rings. The summed E-state index contributed by atoms with van der Waals surface area (Å²) >= 11 is 24.4. The van der Waals surface area contributed by atoms with Crippen molar-refractivity contribution in [3.8, 4) is 11.5 Å². The predicted octanol–water partition coefficient (Wildman–Crippen LogP) is 5.89. The van der Waals surface area contributed by atoms with Crippen molar-refractivity contribution in [2.45, 2.75) is 4.75 Å². The quantitative estimate of drug-likeness (QED) is 0.239. The highest BCUT2D eigenvalue weighted by Crippen LogP contribution is 2.52. The highest BCUT2D eigenvalue weighted by molar-refractivity contribution is 7.87. The third kappa shape index (κ3) is 3.65. The van der Waals surface area contributed by atoms with Crippen LogP contribution in [0.3, 0.4) is 0 Å². The molecule has 0 spiro atoms. The first-order valence-electron chi connectivity index (χ1n) is 7.89. The van der Waals surface area contributed by atoms with Gasteiger partial charge in [0.05, 0.1) is 5.02 Å². The van der Waals surface area contributed by atoms with Crippen LogP contribution in [0.25, 0.3) is 0 Å². The van der Waals surface area contributed by atoms with Gasteiger partial charge >= 0.3 is 0 Å². The average Bonchev–Trinajstić information content (AvgIpc) is 2.61. The second-order valence-corrected chi connectivity index (χ2v) is 9.30. The van der Waals surface area contributed by atoms with Gasteiger partial charge < -0.3 is 10.2 Å². The monoisotopic (exact) mass is 492 g/mol. The zero-order chi connectivity index (χ0) is 21.6. The van der Waals surface area contributed by atoms with Crippen molar-refractivity contribution in [3.63, 3.8) is 0 Å². The van der Waals surface area contributed by atoms with E-state index in [1.165, 1.54) is 36.4 Å². The van der Waals surface area contributed by atoms with E-state index in [1.54, 1.807) is 6.07 Å². The minimum atomic E-state index is -5.12. The molecule has 0 radical (unpaired) electrons. The first kappa shape index (κ1) is 22.0. The molecule has 3 aromatic rings. The highest BCUT2D eigenvalue weighted by Gasteiger charge is 2.52. The van der Waals surface area contributed by atoms with Crippen LogP contribution in [-0.4, -0.2) is 23.2 Å². The van der Waals surface area contributed by atoms with E-state index >= 15 is 0 Å². The number of benzene rings is 3. The molecule has 152 valence electrons. The summed E-state index contributed by atoms with van der Waals surface area (Å²) in [7, 11) is -5.12. The zero-order valence-electron chi connectivity index (χ0n) is 14.3. The highest BCUT2D eigenvalue weighted by atomic mass is 35.5. The molecular weight excluding hydrogens is 482 g/mol. The van der Waals surface area contributed by atoms with Gasteiger partial charge in [-0.1, -0.05) is 70.7 Å². The van der Waals surface area contributed by atoms with Crippen molar-refractivity contribution < 1.29 is 23.2 Å². The van der Waals surface area contributed by atoms with Crippen molar-refractivity contribution in [1.82, 2.24) is 0 Å². The molecule has 10 heteroatoms. The van der Waals surface area contributed by atoms with Crippen LogP contribution in [0, 0.1) is 0 Å². The van der Waals surface area contributed by atoms with Crippen LogP contribution < -0.4 is 0 Å². The summed E-state index contributed by atoms with van der Waals surface area (Å²) in [5, 5.41) is 20.5. The normalized spacial score (nSPS) is 13.8. The van der Waals surface area contributed by atoms with Crippen molar-refractivity contribution in [2.24, 2.45) is 0 Å². The van der Waals surface area contributed by atoms with E-state index in [1.807, 2.05) is 0 Å². The molecule has 0 aromatic heterocycles. The van der Waals surface area contributed by atoms with Crippen molar-refractivity contribution in [2.75, 3.05) is 0 Å². The second-order valence-electron chi connectivity index (χ2n) is 6.08. The first-order valence-corrected chi connectivity index (χ1v) is 10.8. The summed E-state index contributed by atoms with van der Waals surface area (Å²) in [4.78, 5) is 0. The number of halogens is 4. The molecule has 0 aliphatic heterocycles. The molecule has 0 saturated carbocycles. The largest absolute Gasteiger partial charge is 0.508 e. The van der Waals surface area contributed by atoms with E-state index in [0.717, 1.165) is 12.1 Å². The maximum Gasteiger partial charge on any atom is 0.283 e. The fourth-order valence-corrected chi connectivity index (χ4v) is 5.66. The Labute approximate surface area is 186 Å². The molecule has 3 aromatic carbocycles. The number of rotatable bonds is 4. The molecule has 0 bridgehead atoms. The SMILES string of the molecule is O=S(=O)(O)C(c1cc(O)c(Cl)cc1O)(c1ccccc1Cl)c1ccc(Cl)cc1Cl. The van der Waals surface area contributed by atoms with Gasteiger partial charge in [-0.2, -0.15) is 8.42 Å². The topological polar surface area (TPSA) is 94.8 Å². The summed E-state index contributed by atoms with van der Waals surface area (Å²) in [6.45, 7) is 0. The molecule has 3 rings (SSSR count). The molecule has 1 atom stereocenters. The van der Waals surface area contributed by atoms with Gasteiger partial charge in [-0.15, -0.1) is 0 Å². The summed E-state index contributed by atoms with van der Waals surface area (Å²) < 4.78 is 33.9. The smallest absolute Gasteiger partial charge is 0.283 e. The van der Waals surface area contributed by atoms with Crippen LogP contribution in [0.5, 0.6) is 11.5 Å². The van der Waals surface area contributed by atoms with Gasteiger partial charge in [0.1, 0.15) is 11.5 Å². The number of hydrogen-bond acceptors (Lipinski definition) is 4. The third-order valence-corrected chi connectivity index (χ3v) is 7.01. The van der Waals surface area contributed by atoms with Gasteiger partial charge in [-0.05, 0) is 24.3 Å². The molecule has 29 heavy (non-hydrogen) atoms. The first-order chi connectivity index (χ1) is 13.5. The number of phenolic OH excluding ortho intramolecular Hbond substituents is 2. The Hall–Kier alpha value is -1.67. The molecule has 5 nitrogen and oxygen atoms in total. The van der Waals surface area contributed by atoms with Gasteiger partial charge in [-0.3, -0.25) is 4.55 Å². The minimum Gasteiger partial charge on any atom is -0.508 e.